The zero-order valence-corrected chi connectivity index (χ0v) is 13.4. The van der Waals surface area contributed by atoms with Crippen LogP contribution in [-0.4, -0.2) is 29.8 Å². The number of para-hydroxylation sites is 1. The quantitative estimate of drug-likeness (QED) is 0.768. The van der Waals surface area contributed by atoms with Crippen LogP contribution in [0.3, 0.4) is 0 Å². The van der Waals surface area contributed by atoms with Crippen molar-refractivity contribution >= 4 is 17.5 Å². The lowest BCUT2D eigenvalue weighted by Crippen LogP contribution is -2.37. The standard InChI is InChI=1S/C19H20N2O3/c1-2-10-21(16-7-4-3-5-8-16)19(23)15-12-18(22)20(13-15)14-17-9-6-11-24-17/h2-9,11,15H,1,10,12-14H2. The molecule has 0 N–H and O–H groups in total. The third-order valence-corrected chi connectivity index (χ3v) is 4.14. The molecule has 2 aromatic rings. The van der Waals surface area contributed by atoms with Crippen molar-refractivity contribution in [3.05, 3.63) is 67.1 Å². The number of hydrogen-bond donors (Lipinski definition) is 0. The number of carbonyl (C=O) groups excluding carboxylic acids is 2. The summed E-state index contributed by atoms with van der Waals surface area (Å²) in [5, 5.41) is 0. The van der Waals surface area contributed by atoms with Crippen molar-refractivity contribution in [3.8, 4) is 0 Å². The summed E-state index contributed by atoms with van der Waals surface area (Å²) in [7, 11) is 0. The van der Waals surface area contributed by atoms with E-state index in [0.717, 1.165) is 11.4 Å². The maximum Gasteiger partial charge on any atom is 0.232 e. The highest BCUT2D eigenvalue weighted by Crippen LogP contribution is 2.25. The van der Waals surface area contributed by atoms with Crippen molar-refractivity contribution in [1.82, 2.24) is 4.90 Å². The number of furan rings is 1. The fraction of sp³-hybridized carbons (Fsp3) is 0.263. The molecule has 1 atom stereocenters. The highest BCUT2D eigenvalue weighted by Gasteiger charge is 2.36. The van der Waals surface area contributed by atoms with Gasteiger partial charge in [-0.2, -0.15) is 0 Å². The van der Waals surface area contributed by atoms with Crippen LogP contribution in [0.1, 0.15) is 12.2 Å². The molecular formula is C19H20N2O3. The summed E-state index contributed by atoms with van der Waals surface area (Å²) < 4.78 is 5.29. The van der Waals surface area contributed by atoms with E-state index in [1.165, 1.54) is 0 Å². The highest BCUT2D eigenvalue weighted by atomic mass is 16.3. The summed E-state index contributed by atoms with van der Waals surface area (Å²) in [5.41, 5.74) is 0.819. The van der Waals surface area contributed by atoms with Crippen LogP contribution in [0.4, 0.5) is 5.69 Å². The van der Waals surface area contributed by atoms with Crippen molar-refractivity contribution in [2.45, 2.75) is 13.0 Å². The number of nitrogens with zero attached hydrogens (tertiary/aromatic N) is 2. The number of benzene rings is 1. The first-order valence-corrected chi connectivity index (χ1v) is 7.96. The summed E-state index contributed by atoms with van der Waals surface area (Å²) in [5.74, 6) is 0.322. The van der Waals surface area contributed by atoms with Gasteiger partial charge in [-0.25, -0.2) is 0 Å². The number of carbonyl (C=O) groups is 2. The summed E-state index contributed by atoms with van der Waals surface area (Å²) in [6.45, 7) is 4.97. The second-order valence-electron chi connectivity index (χ2n) is 5.83. The molecule has 1 aliphatic heterocycles. The van der Waals surface area contributed by atoms with Crippen LogP contribution in [0.15, 0.2) is 65.8 Å². The van der Waals surface area contributed by atoms with Gasteiger partial charge in [-0.05, 0) is 24.3 Å². The molecule has 5 nitrogen and oxygen atoms in total. The Morgan fingerprint density at radius 1 is 1.29 bits per heavy atom. The average molecular weight is 324 g/mol. The molecule has 0 bridgehead atoms. The third-order valence-electron chi connectivity index (χ3n) is 4.14. The molecule has 1 aliphatic rings. The van der Waals surface area contributed by atoms with Crippen LogP contribution in [0.5, 0.6) is 0 Å². The highest BCUT2D eigenvalue weighted by molar-refractivity contribution is 5.99. The van der Waals surface area contributed by atoms with Crippen LogP contribution in [0, 0.1) is 5.92 Å². The molecule has 0 saturated carbocycles. The Morgan fingerprint density at radius 3 is 2.75 bits per heavy atom. The second kappa shape index (κ2) is 7.17. The van der Waals surface area contributed by atoms with Crippen LogP contribution < -0.4 is 4.90 Å². The molecule has 0 spiro atoms. The van der Waals surface area contributed by atoms with Gasteiger partial charge in [0.1, 0.15) is 5.76 Å². The van der Waals surface area contributed by atoms with Gasteiger partial charge in [-0.3, -0.25) is 9.59 Å². The minimum absolute atomic E-state index is 0.0173. The van der Waals surface area contributed by atoms with E-state index in [4.69, 9.17) is 4.42 Å². The second-order valence-corrected chi connectivity index (χ2v) is 5.83. The SMILES string of the molecule is C=CCN(C(=O)C1CC(=O)N(Cc2ccco2)C1)c1ccccc1. The lowest BCUT2D eigenvalue weighted by molar-refractivity contribution is -0.129. The number of anilines is 1. The molecule has 1 unspecified atom stereocenters. The summed E-state index contributed by atoms with van der Waals surface area (Å²) in [6, 6.07) is 13.1. The fourth-order valence-electron chi connectivity index (χ4n) is 2.96. The lowest BCUT2D eigenvalue weighted by atomic mass is 10.1. The van der Waals surface area contributed by atoms with E-state index in [2.05, 4.69) is 6.58 Å². The summed E-state index contributed by atoms with van der Waals surface area (Å²) in [6.07, 6.45) is 3.52. The summed E-state index contributed by atoms with van der Waals surface area (Å²) >= 11 is 0. The molecule has 2 heterocycles. The Bertz CT molecular complexity index is 709. The Kier molecular flexibility index (Phi) is 4.79. The van der Waals surface area contributed by atoms with Gasteiger partial charge in [-0.15, -0.1) is 6.58 Å². The number of hydrogen-bond acceptors (Lipinski definition) is 3. The van der Waals surface area contributed by atoms with Crippen LogP contribution in [-0.2, 0) is 16.1 Å². The summed E-state index contributed by atoms with van der Waals surface area (Å²) in [4.78, 5) is 28.5. The first-order valence-electron chi connectivity index (χ1n) is 7.96. The topological polar surface area (TPSA) is 53.8 Å². The van der Waals surface area contributed by atoms with Gasteiger partial charge in [0.15, 0.2) is 0 Å². The Balaban J connectivity index is 1.72. The number of rotatable bonds is 6. The van der Waals surface area contributed by atoms with Crippen LogP contribution in [0.2, 0.25) is 0 Å². The molecule has 3 rings (SSSR count). The van der Waals surface area contributed by atoms with Crippen molar-refractivity contribution in [2.24, 2.45) is 5.92 Å². The monoisotopic (exact) mass is 324 g/mol. The molecule has 2 amide bonds. The van der Waals surface area contributed by atoms with Crippen LogP contribution in [0.25, 0.3) is 0 Å². The lowest BCUT2D eigenvalue weighted by Gasteiger charge is -2.24. The van der Waals surface area contributed by atoms with E-state index in [1.807, 2.05) is 36.4 Å². The van der Waals surface area contributed by atoms with E-state index in [0.29, 0.717) is 19.6 Å². The minimum Gasteiger partial charge on any atom is -0.467 e. The molecule has 1 fully saturated rings. The zero-order valence-electron chi connectivity index (χ0n) is 13.4. The number of likely N-dealkylation sites (tertiary alicyclic amines) is 1. The maximum absolute atomic E-state index is 12.9. The normalized spacial score (nSPS) is 17.1. The van der Waals surface area contributed by atoms with E-state index >= 15 is 0 Å². The zero-order chi connectivity index (χ0) is 16.9. The van der Waals surface area contributed by atoms with E-state index in [1.54, 1.807) is 28.2 Å². The predicted octanol–water partition coefficient (Wildman–Crippen LogP) is 2.85. The molecule has 1 aromatic heterocycles. The van der Waals surface area contributed by atoms with Crippen LogP contribution >= 0.6 is 0 Å². The first kappa shape index (κ1) is 16.1. The van der Waals surface area contributed by atoms with E-state index in [9.17, 15) is 9.59 Å². The Labute approximate surface area is 141 Å². The van der Waals surface area contributed by atoms with Crippen molar-refractivity contribution < 1.29 is 14.0 Å². The Morgan fingerprint density at radius 2 is 2.08 bits per heavy atom. The van der Waals surface area contributed by atoms with Gasteiger partial charge >= 0.3 is 0 Å². The van der Waals surface area contributed by atoms with E-state index < -0.39 is 0 Å². The smallest absolute Gasteiger partial charge is 0.232 e. The first-order chi connectivity index (χ1) is 11.7. The fourth-order valence-corrected chi connectivity index (χ4v) is 2.96. The molecule has 1 aromatic carbocycles. The molecule has 124 valence electrons. The van der Waals surface area contributed by atoms with Gasteiger partial charge in [0.2, 0.25) is 11.8 Å². The van der Waals surface area contributed by atoms with Gasteiger partial charge in [0.05, 0.1) is 18.7 Å². The molecular weight excluding hydrogens is 304 g/mol. The van der Waals surface area contributed by atoms with Gasteiger partial charge in [-0.1, -0.05) is 24.3 Å². The van der Waals surface area contributed by atoms with Gasteiger partial charge in [0.25, 0.3) is 0 Å². The minimum atomic E-state index is -0.340. The van der Waals surface area contributed by atoms with Gasteiger partial charge < -0.3 is 14.2 Å². The van der Waals surface area contributed by atoms with Crippen molar-refractivity contribution in [2.75, 3.05) is 18.0 Å². The molecule has 0 aliphatic carbocycles. The van der Waals surface area contributed by atoms with E-state index in [-0.39, 0.29) is 24.2 Å². The van der Waals surface area contributed by atoms with Crippen molar-refractivity contribution in [3.63, 3.8) is 0 Å². The predicted molar refractivity (Wildman–Crippen MR) is 91.2 cm³/mol. The number of amides is 2. The maximum atomic E-state index is 12.9. The van der Waals surface area contributed by atoms with Crippen molar-refractivity contribution in [1.29, 1.82) is 0 Å². The van der Waals surface area contributed by atoms with Gasteiger partial charge in [0, 0.05) is 25.2 Å². The third kappa shape index (κ3) is 3.40. The largest absolute Gasteiger partial charge is 0.467 e. The average Bonchev–Trinajstić information content (AvgIpc) is 3.24. The molecule has 5 heteroatoms. The molecule has 24 heavy (non-hydrogen) atoms. The Hall–Kier alpha value is -2.82. The molecule has 0 radical (unpaired) electrons. The molecule has 1 saturated heterocycles.